The molecule has 4 heteroatoms. The molecule has 0 aliphatic carbocycles. The second-order valence-electron chi connectivity index (χ2n) is 5.27. The lowest BCUT2D eigenvalue weighted by atomic mass is 10.1. The van der Waals surface area contributed by atoms with Crippen LogP contribution >= 0.6 is 0 Å². The number of rotatable bonds is 5. The zero-order chi connectivity index (χ0) is 14.5. The van der Waals surface area contributed by atoms with Gasteiger partial charge in [-0.2, -0.15) is 0 Å². The van der Waals surface area contributed by atoms with Gasteiger partial charge in [-0.15, -0.1) is 0 Å². The van der Waals surface area contributed by atoms with Gasteiger partial charge in [0.25, 0.3) is 5.91 Å². The Hall–Kier alpha value is -1.81. The number of nitrogens with zero attached hydrogens (tertiary/aromatic N) is 1. The first-order valence-electron chi connectivity index (χ1n) is 7.00. The zero-order valence-corrected chi connectivity index (χ0v) is 11.9. The Morgan fingerprint density at radius 1 is 1.50 bits per heavy atom. The third-order valence-electron chi connectivity index (χ3n) is 3.72. The number of hydrogen-bond acceptors (Lipinski definition) is 3. The lowest BCUT2D eigenvalue weighted by molar-refractivity contribution is 0.0743. The van der Waals surface area contributed by atoms with Gasteiger partial charge in [-0.25, -0.2) is 0 Å². The van der Waals surface area contributed by atoms with Crippen LogP contribution in [0.3, 0.4) is 0 Å². The fourth-order valence-corrected chi connectivity index (χ4v) is 2.61. The van der Waals surface area contributed by atoms with Gasteiger partial charge in [0.05, 0.1) is 0 Å². The fourth-order valence-electron chi connectivity index (χ4n) is 2.61. The molecule has 1 aliphatic rings. The lowest BCUT2D eigenvalue weighted by Gasteiger charge is -2.21. The number of ether oxygens (including phenoxy) is 1. The molecule has 108 valence electrons. The number of carbonyl (C=O) groups is 1. The maximum Gasteiger partial charge on any atom is 0.254 e. The smallest absolute Gasteiger partial charge is 0.254 e. The SMILES string of the molecule is C=CCOc1ccc(C(=O)N2CC(CN)CC2C)cc1. The molecule has 1 fully saturated rings. The van der Waals surface area contributed by atoms with Crippen molar-refractivity contribution in [3.05, 3.63) is 42.5 Å². The van der Waals surface area contributed by atoms with Crippen LogP contribution in [0.1, 0.15) is 23.7 Å². The summed E-state index contributed by atoms with van der Waals surface area (Å²) in [7, 11) is 0. The molecule has 1 saturated heterocycles. The first-order valence-corrected chi connectivity index (χ1v) is 7.00. The van der Waals surface area contributed by atoms with Crippen LogP contribution in [-0.4, -0.2) is 36.5 Å². The summed E-state index contributed by atoms with van der Waals surface area (Å²) in [5, 5.41) is 0. The first kappa shape index (κ1) is 14.6. The highest BCUT2D eigenvalue weighted by atomic mass is 16.5. The molecule has 4 nitrogen and oxygen atoms in total. The summed E-state index contributed by atoms with van der Waals surface area (Å²) in [5.41, 5.74) is 6.40. The van der Waals surface area contributed by atoms with E-state index in [1.165, 1.54) is 0 Å². The third-order valence-corrected chi connectivity index (χ3v) is 3.72. The normalized spacial score (nSPS) is 21.8. The molecule has 1 aromatic rings. The minimum atomic E-state index is 0.0729. The van der Waals surface area contributed by atoms with Crippen LogP contribution < -0.4 is 10.5 Å². The van der Waals surface area contributed by atoms with E-state index in [0.717, 1.165) is 18.7 Å². The van der Waals surface area contributed by atoms with Crippen molar-refractivity contribution in [1.82, 2.24) is 4.90 Å². The summed E-state index contributed by atoms with van der Waals surface area (Å²) in [6, 6.07) is 7.51. The predicted octanol–water partition coefficient (Wildman–Crippen LogP) is 2.06. The van der Waals surface area contributed by atoms with Crippen molar-refractivity contribution in [3.63, 3.8) is 0 Å². The van der Waals surface area contributed by atoms with Gasteiger partial charge in [-0.3, -0.25) is 4.79 Å². The van der Waals surface area contributed by atoms with Crippen LogP contribution in [0.15, 0.2) is 36.9 Å². The predicted molar refractivity (Wildman–Crippen MR) is 79.8 cm³/mol. The Morgan fingerprint density at radius 2 is 2.20 bits per heavy atom. The van der Waals surface area contributed by atoms with Crippen LogP contribution in [0.25, 0.3) is 0 Å². The Kier molecular flexibility index (Phi) is 4.79. The highest BCUT2D eigenvalue weighted by Gasteiger charge is 2.31. The van der Waals surface area contributed by atoms with Gasteiger partial charge in [0, 0.05) is 18.2 Å². The Bertz CT molecular complexity index is 470. The highest BCUT2D eigenvalue weighted by molar-refractivity contribution is 5.94. The summed E-state index contributed by atoms with van der Waals surface area (Å²) in [6.45, 7) is 7.54. The van der Waals surface area contributed by atoms with Crippen LogP contribution in [0, 0.1) is 5.92 Å². The summed E-state index contributed by atoms with van der Waals surface area (Å²) >= 11 is 0. The quantitative estimate of drug-likeness (QED) is 0.836. The van der Waals surface area contributed by atoms with Crippen molar-refractivity contribution in [2.45, 2.75) is 19.4 Å². The molecule has 0 bridgehead atoms. The maximum atomic E-state index is 12.5. The van der Waals surface area contributed by atoms with E-state index in [1.54, 1.807) is 6.08 Å². The van der Waals surface area contributed by atoms with Gasteiger partial charge < -0.3 is 15.4 Å². The molecule has 0 aromatic heterocycles. The third kappa shape index (κ3) is 3.20. The second kappa shape index (κ2) is 6.57. The van der Waals surface area contributed by atoms with E-state index in [2.05, 4.69) is 13.5 Å². The number of nitrogens with two attached hydrogens (primary N) is 1. The van der Waals surface area contributed by atoms with E-state index in [9.17, 15) is 4.79 Å². The monoisotopic (exact) mass is 274 g/mol. The molecule has 2 N–H and O–H groups in total. The summed E-state index contributed by atoms with van der Waals surface area (Å²) in [5.74, 6) is 1.24. The zero-order valence-electron chi connectivity index (χ0n) is 11.9. The number of hydrogen-bond donors (Lipinski definition) is 1. The number of carbonyl (C=O) groups excluding carboxylic acids is 1. The van der Waals surface area contributed by atoms with Crippen molar-refractivity contribution < 1.29 is 9.53 Å². The molecular weight excluding hydrogens is 252 g/mol. The molecule has 0 radical (unpaired) electrons. The number of likely N-dealkylation sites (tertiary alicyclic amines) is 1. The maximum absolute atomic E-state index is 12.5. The highest BCUT2D eigenvalue weighted by Crippen LogP contribution is 2.24. The van der Waals surface area contributed by atoms with Crippen molar-refractivity contribution in [1.29, 1.82) is 0 Å². The molecule has 1 heterocycles. The van der Waals surface area contributed by atoms with Gasteiger partial charge in [-0.05, 0) is 50.1 Å². The molecule has 1 aliphatic heterocycles. The van der Waals surface area contributed by atoms with Crippen LogP contribution in [-0.2, 0) is 0 Å². The van der Waals surface area contributed by atoms with Crippen LogP contribution in [0.2, 0.25) is 0 Å². The summed E-state index contributed by atoms with van der Waals surface area (Å²) < 4.78 is 5.41. The molecule has 1 amide bonds. The Morgan fingerprint density at radius 3 is 2.75 bits per heavy atom. The molecule has 2 unspecified atom stereocenters. The van der Waals surface area contributed by atoms with E-state index in [1.807, 2.05) is 29.2 Å². The Balaban J connectivity index is 2.04. The largest absolute Gasteiger partial charge is 0.490 e. The Labute approximate surface area is 120 Å². The summed E-state index contributed by atoms with van der Waals surface area (Å²) in [4.78, 5) is 14.4. The number of amides is 1. The topological polar surface area (TPSA) is 55.6 Å². The van der Waals surface area contributed by atoms with Crippen LogP contribution in [0.5, 0.6) is 5.75 Å². The van der Waals surface area contributed by atoms with E-state index >= 15 is 0 Å². The van der Waals surface area contributed by atoms with Gasteiger partial charge in [0.15, 0.2) is 0 Å². The van der Waals surface area contributed by atoms with Gasteiger partial charge >= 0.3 is 0 Å². The number of benzene rings is 1. The first-order chi connectivity index (χ1) is 9.65. The van der Waals surface area contributed by atoms with Crippen LogP contribution in [0.4, 0.5) is 0 Å². The van der Waals surface area contributed by atoms with Crippen molar-refractivity contribution in [3.8, 4) is 5.75 Å². The second-order valence-corrected chi connectivity index (χ2v) is 5.27. The molecule has 2 rings (SSSR count). The van der Waals surface area contributed by atoms with Gasteiger partial charge in [-0.1, -0.05) is 12.7 Å². The van der Waals surface area contributed by atoms with Crippen molar-refractivity contribution >= 4 is 5.91 Å². The molecular formula is C16H22N2O2. The molecule has 0 saturated carbocycles. The molecule has 1 aromatic carbocycles. The van der Waals surface area contributed by atoms with Crippen molar-refractivity contribution in [2.75, 3.05) is 19.7 Å². The standard InChI is InChI=1S/C16H22N2O2/c1-3-8-20-15-6-4-14(5-7-15)16(19)18-11-13(10-17)9-12(18)2/h3-7,12-13H,1,8-11,17H2,2H3. The summed E-state index contributed by atoms with van der Waals surface area (Å²) in [6.07, 6.45) is 2.68. The van der Waals surface area contributed by atoms with Gasteiger partial charge in [0.1, 0.15) is 12.4 Å². The van der Waals surface area contributed by atoms with Crippen molar-refractivity contribution in [2.24, 2.45) is 11.7 Å². The van der Waals surface area contributed by atoms with E-state index in [-0.39, 0.29) is 11.9 Å². The molecule has 20 heavy (non-hydrogen) atoms. The minimum Gasteiger partial charge on any atom is -0.490 e. The van der Waals surface area contributed by atoms with E-state index in [0.29, 0.717) is 24.6 Å². The lowest BCUT2D eigenvalue weighted by Crippen LogP contribution is -2.34. The van der Waals surface area contributed by atoms with E-state index < -0.39 is 0 Å². The molecule has 0 spiro atoms. The van der Waals surface area contributed by atoms with E-state index in [4.69, 9.17) is 10.5 Å². The minimum absolute atomic E-state index is 0.0729. The molecule has 2 atom stereocenters. The average Bonchev–Trinajstić information content (AvgIpc) is 2.86. The fraction of sp³-hybridized carbons (Fsp3) is 0.438. The van der Waals surface area contributed by atoms with Gasteiger partial charge in [0.2, 0.25) is 0 Å². The average molecular weight is 274 g/mol.